The molecule has 0 bridgehead atoms. The number of benzene rings is 1. The van der Waals surface area contributed by atoms with E-state index in [0.29, 0.717) is 16.6 Å². The third-order valence-electron chi connectivity index (χ3n) is 3.16. The van der Waals surface area contributed by atoms with Crippen molar-refractivity contribution in [3.05, 3.63) is 34.8 Å². The van der Waals surface area contributed by atoms with E-state index in [0.717, 1.165) is 11.3 Å². The van der Waals surface area contributed by atoms with Crippen molar-refractivity contribution in [2.45, 2.75) is 19.8 Å². The fourth-order valence-electron chi connectivity index (χ4n) is 1.80. The van der Waals surface area contributed by atoms with Crippen molar-refractivity contribution in [3.8, 4) is 0 Å². The van der Waals surface area contributed by atoms with Crippen molar-refractivity contribution >= 4 is 40.2 Å². The van der Waals surface area contributed by atoms with Gasteiger partial charge in [0.05, 0.1) is 12.6 Å². The van der Waals surface area contributed by atoms with Crippen molar-refractivity contribution in [3.63, 3.8) is 0 Å². The molecule has 0 aliphatic rings. The van der Waals surface area contributed by atoms with E-state index in [1.807, 2.05) is 43.3 Å². The molecule has 2 amide bonds. The Bertz CT molecular complexity index is 754. The van der Waals surface area contributed by atoms with Gasteiger partial charge in [-0.1, -0.05) is 30.4 Å². The molecule has 1 aromatic heterocycles. The van der Waals surface area contributed by atoms with E-state index in [9.17, 15) is 9.59 Å². The third-order valence-corrected chi connectivity index (χ3v) is 4.00. The lowest BCUT2D eigenvalue weighted by Gasteiger charge is -2.11. The van der Waals surface area contributed by atoms with Crippen LogP contribution in [-0.4, -0.2) is 42.3 Å². The van der Waals surface area contributed by atoms with Gasteiger partial charge in [0.15, 0.2) is 0 Å². The van der Waals surface area contributed by atoms with E-state index in [1.54, 1.807) is 13.1 Å². The van der Waals surface area contributed by atoms with Crippen molar-refractivity contribution in [2.75, 3.05) is 24.3 Å². The van der Waals surface area contributed by atoms with Gasteiger partial charge in [-0.2, -0.15) is 5.10 Å². The van der Waals surface area contributed by atoms with E-state index in [2.05, 4.69) is 26.0 Å². The second-order valence-corrected chi connectivity index (χ2v) is 6.42. The van der Waals surface area contributed by atoms with E-state index in [-0.39, 0.29) is 18.2 Å². The Balaban J connectivity index is 1.83. The van der Waals surface area contributed by atoms with Crippen LogP contribution in [0.4, 0.5) is 10.8 Å². The van der Waals surface area contributed by atoms with Crippen LogP contribution in [0.25, 0.3) is 0 Å². The van der Waals surface area contributed by atoms with Gasteiger partial charge in [-0.05, 0) is 17.7 Å². The van der Waals surface area contributed by atoms with Gasteiger partial charge >= 0.3 is 0 Å². The molecule has 0 atom stereocenters. The third kappa shape index (κ3) is 5.96. The normalized spacial score (nSPS) is 10.7. The number of hydrogen-bond acceptors (Lipinski definition) is 7. The second-order valence-electron chi connectivity index (χ2n) is 5.36. The molecule has 25 heavy (non-hydrogen) atoms. The lowest BCUT2D eigenvalue weighted by molar-refractivity contribution is -0.120. The molecule has 0 saturated carbocycles. The number of amides is 2. The van der Waals surface area contributed by atoms with Gasteiger partial charge in [0.25, 0.3) is 0 Å². The van der Waals surface area contributed by atoms with E-state index < -0.39 is 0 Å². The van der Waals surface area contributed by atoms with Crippen LogP contribution in [0.3, 0.4) is 0 Å². The molecule has 0 saturated heterocycles. The quantitative estimate of drug-likeness (QED) is 0.578. The lowest BCUT2D eigenvalue weighted by Crippen LogP contribution is -2.19. The number of carbonyl (C=O) groups is 2. The number of aromatic nitrogens is 2. The molecule has 1 aromatic carbocycles. The Morgan fingerprint density at radius 1 is 1.20 bits per heavy atom. The summed E-state index contributed by atoms with van der Waals surface area (Å²) < 4.78 is 0. The van der Waals surface area contributed by atoms with Gasteiger partial charge in [0, 0.05) is 26.2 Å². The average molecular weight is 360 g/mol. The van der Waals surface area contributed by atoms with Gasteiger partial charge in [-0.3, -0.25) is 9.59 Å². The predicted octanol–water partition coefficient (Wildman–Crippen LogP) is 1.65. The molecule has 0 aliphatic carbocycles. The Kier molecular flexibility index (Phi) is 6.58. The molecule has 132 valence electrons. The number of carbonyl (C=O) groups excluding carboxylic acids is 2. The smallest absolute Gasteiger partial charge is 0.247 e. The second kappa shape index (κ2) is 8.88. The average Bonchev–Trinajstić information content (AvgIpc) is 3.01. The maximum atomic E-state index is 11.9. The highest BCUT2D eigenvalue weighted by Gasteiger charge is 2.10. The van der Waals surface area contributed by atoms with Gasteiger partial charge in [0.1, 0.15) is 5.01 Å². The molecule has 0 spiro atoms. The Hall–Kier alpha value is -2.81. The van der Waals surface area contributed by atoms with Crippen LogP contribution in [0.1, 0.15) is 23.9 Å². The highest BCUT2D eigenvalue weighted by molar-refractivity contribution is 7.15. The number of anilines is 2. The molecular formula is C16H20N6O2S. The van der Waals surface area contributed by atoms with E-state index in [4.69, 9.17) is 0 Å². The number of hydrazone groups is 1. The van der Waals surface area contributed by atoms with Gasteiger partial charge in [-0.25, -0.2) is 5.43 Å². The van der Waals surface area contributed by atoms with Crippen LogP contribution >= 0.6 is 11.3 Å². The summed E-state index contributed by atoms with van der Waals surface area (Å²) in [5, 5.41) is 15.1. The zero-order valence-corrected chi connectivity index (χ0v) is 15.1. The summed E-state index contributed by atoms with van der Waals surface area (Å²) in [6, 6.07) is 7.77. The highest BCUT2D eigenvalue weighted by atomic mass is 32.1. The first-order valence-corrected chi connectivity index (χ1v) is 8.51. The Labute approximate surface area is 150 Å². The molecule has 8 nitrogen and oxygen atoms in total. The van der Waals surface area contributed by atoms with Crippen molar-refractivity contribution < 1.29 is 9.59 Å². The summed E-state index contributed by atoms with van der Waals surface area (Å²) in [6.07, 6.45) is 1.99. The van der Waals surface area contributed by atoms with Crippen LogP contribution in [-0.2, 0) is 16.0 Å². The molecule has 0 radical (unpaired) electrons. The summed E-state index contributed by atoms with van der Waals surface area (Å²) >= 11 is 1.17. The molecule has 0 fully saturated rings. The molecule has 0 unspecified atom stereocenters. The van der Waals surface area contributed by atoms with E-state index >= 15 is 0 Å². The first kappa shape index (κ1) is 18.5. The van der Waals surface area contributed by atoms with Gasteiger partial charge < -0.3 is 10.2 Å². The monoisotopic (exact) mass is 360 g/mol. The van der Waals surface area contributed by atoms with Crippen molar-refractivity contribution in [2.24, 2.45) is 5.10 Å². The standard InChI is InChI=1S/C16H20N6O2S/c1-4-13(23)18-16-21-20-15(25-16)9-14(24)19-17-10-11-5-7-12(8-6-11)22(2)3/h5-8,10H,4,9H2,1-3H3,(H,19,24)(H,18,21,23)/b17-10-. The molecule has 0 aliphatic heterocycles. The maximum absolute atomic E-state index is 11.9. The zero-order valence-electron chi connectivity index (χ0n) is 14.3. The SMILES string of the molecule is CCC(=O)Nc1nnc(CC(=O)N/N=C\c2ccc(N(C)C)cc2)s1. The summed E-state index contributed by atoms with van der Waals surface area (Å²) in [7, 11) is 3.94. The Morgan fingerprint density at radius 2 is 1.92 bits per heavy atom. The van der Waals surface area contributed by atoms with Crippen LogP contribution in [0.5, 0.6) is 0 Å². The largest absolute Gasteiger partial charge is 0.378 e. The molecule has 1 heterocycles. The summed E-state index contributed by atoms with van der Waals surface area (Å²) in [4.78, 5) is 25.1. The molecular weight excluding hydrogens is 340 g/mol. The number of rotatable bonds is 7. The predicted molar refractivity (Wildman–Crippen MR) is 99.0 cm³/mol. The van der Waals surface area contributed by atoms with Gasteiger partial charge in [0.2, 0.25) is 16.9 Å². The molecule has 2 N–H and O–H groups in total. The van der Waals surface area contributed by atoms with Crippen LogP contribution < -0.4 is 15.6 Å². The highest BCUT2D eigenvalue weighted by Crippen LogP contribution is 2.15. The van der Waals surface area contributed by atoms with Crippen LogP contribution in [0.15, 0.2) is 29.4 Å². The summed E-state index contributed by atoms with van der Waals surface area (Å²) in [6.45, 7) is 1.75. The summed E-state index contributed by atoms with van der Waals surface area (Å²) in [5.74, 6) is -0.442. The minimum absolute atomic E-state index is 0.0522. The Morgan fingerprint density at radius 3 is 2.56 bits per heavy atom. The molecule has 2 aromatic rings. The fourth-order valence-corrected chi connectivity index (χ4v) is 2.55. The minimum atomic E-state index is -0.300. The number of hydrogen-bond donors (Lipinski definition) is 2. The van der Waals surface area contributed by atoms with Crippen molar-refractivity contribution in [1.82, 2.24) is 15.6 Å². The van der Waals surface area contributed by atoms with Crippen LogP contribution in [0, 0.1) is 0 Å². The number of nitrogens with one attached hydrogen (secondary N) is 2. The van der Waals surface area contributed by atoms with Gasteiger partial charge in [-0.15, -0.1) is 10.2 Å². The maximum Gasteiger partial charge on any atom is 0.247 e. The first-order chi connectivity index (χ1) is 12.0. The fraction of sp³-hybridized carbons (Fsp3) is 0.312. The van der Waals surface area contributed by atoms with Crippen molar-refractivity contribution in [1.29, 1.82) is 0 Å². The molecule has 9 heteroatoms. The zero-order chi connectivity index (χ0) is 18.2. The minimum Gasteiger partial charge on any atom is -0.378 e. The summed E-state index contributed by atoms with van der Waals surface area (Å²) in [5.41, 5.74) is 4.42. The van der Waals surface area contributed by atoms with Crippen LogP contribution in [0.2, 0.25) is 0 Å². The lowest BCUT2D eigenvalue weighted by atomic mass is 10.2. The first-order valence-electron chi connectivity index (χ1n) is 7.69. The molecule has 2 rings (SSSR count). The van der Waals surface area contributed by atoms with E-state index in [1.165, 1.54) is 11.3 Å². The number of nitrogens with zero attached hydrogens (tertiary/aromatic N) is 4. The topological polar surface area (TPSA) is 99.6 Å².